The largest absolute Gasteiger partial charge is 0.307 e. The van der Waals surface area contributed by atoms with Gasteiger partial charge in [0.05, 0.1) is 0 Å². The minimum Gasteiger partial charge on any atom is -0.0604 e. The highest BCUT2D eigenvalue weighted by Crippen LogP contribution is 2.80. The molecule has 7 fully saturated rings. The first kappa shape index (κ1) is 12.5. The first-order valence-electron chi connectivity index (χ1n) is 8.32. The lowest BCUT2D eigenvalue weighted by Gasteiger charge is -2.61. The molecule has 0 amide bonds. The molecule has 0 aromatic carbocycles. The summed E-state index contributed by atoms with van der Waals surface area (Å²) in [5, 5.41) is 0. The molecule has 9 rings (SSSR count). The van der Waals surface area contributed by atoms with Crippen molar-refractivity contribution < 1.29 is 0 Å². The summed E-state index contributed by atoms with van der Waals surface area (Å²) in [7, 11) is 9.30. The van der Waals surface area contributed by atoms with E-state index in [2.05, 4.69) is 43.2 Å². The van der Waals surface area contributed by atoms with Gasteiger partial charge in [-0.25, -0.2) is 0 Å². The maximum Gasteiger partial charge on any atom is 0.307 e. The average molecular weight is 341 g/mol. The molecule has 0 N–H and O–H groups in total. The maximum atomic E-state index is 2.32. The molecule has 0 unspecified atom stereocenters. The van der Waals surface area contributed by atoms with Crippen LogP contribution in [0.2, 0.25) is 0 Å². The van der Waals surface area contributed by atoms with Gasteiger partial charge in [-0.15, -0.1) is 0 Å². The lowest BCUT2D eigenvalue weighted by atomic mass is 9.59. The van der Waals surface area contributed by atoms with Crippen LogP contribution in [-0.2, 0) is 10.8 Å². The smallest absolute Gasteiger partial charge is 0.0604 e. The van der Waals surface area contributed by atoms with Crippen molar-refractivity contribution in [2.24, 2.45) is 23.7 Å². The highest BCUT2D eigenvalue weighted by atomic mass is 33.2. The fraction of sp³-hybridized carbons (Fsp3) is 0.875. The van der Waals surface area contributed by atoms with Crippen molar-refractivity contribution in [2.45, 2.75) is 59.5 Å². The molecular formula is C16H20S4+. The Labute approximate surface area is 137 Å². The van der Waals surface area contributed by atoms with Crippen LogP contribution >= 0.6 is 32.4 Å². The van der Waals surface area contributed by atoms with Gasteiger partial charge < -0.3 is 0 Å². The predicted octanol–water partition coefficient (Wildman–Crippen LogP) is 5.46. The van der Waals surface area contributed by atoms with Crippen molar-refractivity contribution in [3.05, 3.63) is 11.1 Å². The average Bonchev–Trinajstić information content (AvgIpc) is 2.56. The molecule has 1 radical (unpaired) electrons. The number of fused-ring (bicyclic) bond motifs is 6. The van der Waals surface area contributed by atoms with Crippen LogP contribution in [0.4, 0.5) is 0 Å². The Hall–Kier alpha value is 1.14. The standard InChI is InChI=1S/C16H20S4/c1-5-11-6-2-9(1)13-14-10-3-7-12(8-4-10)16(14)19-17-15(11,13)18-20-16/h9-12H,1-8H2/q+1. The van der Waals surface area contributed by atoms with Gasteiger partial charge in [-0.05, 0) is 85.5 Å². The second-order valence-electron chi connectivity index (χ2n) is 7.59. The predicted molar refractivity (Wildman–Crippen MR) is 93.5 cm³/mol. The van der Waals surface area contributed by atoms with Gasteiger partial charge in [0.25, 0.3) is 4.08 Å². The van der Waals surface area contributed by atoms with Gasteiger partial charge in [0.1, 0.15) is 0 Å². The summed E-state index contributed by atoms with van der Waals surface area (Å²) in [6, 6.07) is 0. The van der Waals surface area contributed by atoms with Gasteiger partial charge in [-0.3, -0.25) is 0 Å². The Kier molecular flexibility index (Phi) is 2.49. The Balaban J connectivity index is 1.65. The first-order chi connectivity index (χ1) is 9.83. The first-order valence-corrected chi connectivity index (χ1v) is 12.6. The third-order valence-corrected chi connectivity index (χ3v) is 16.3. The molecule has 6 aliphatic carbocycles. The van der Waals surface area contributed by atoms with Gasteiger partial charge >= 0.3 is 10.8 Å². The molecule has 3 heterocycles. The van der Waals surface area contributed by atoms with Crippen LogP contribution < -0.4 is 0 Å². The van der Waals surface area contributed by atoms with Crippen molar-refractivity contribution in [2.75, 3.05) is 0 Å². The van der Waals surface area contributed by atoms with Gasteiger partial charge in [0.2, 0.25) is 0 Å². The molecule has 0 nitrogen and oxygen atoms in total. The number of rotatable bonds is 0. The summed E-state index contributed by atoms with van der Waals surface area (Å²) in [6.07, 6.45) is 12.2. The van der Waals surface area contributed by atoms with E-state index < -0.39 is 0 Å². The van der Waals surface area contributed by atoms with E-state index in [1.807, 2.05) is 11.1 Å². The van der Waals surface area contributed by atoms with Gasteiger partial charge in [0.15, 0.2) is 14.9 Å². The SMILES string of the molecule is C1CC2CCC1C1=C3C4CCC(CC4)C34SSC12S[S+]4. The van der Waals surface area contributed by atoms with Gasteiger partial charge in [0, 0.05) is 11.5 Å². The van der Waals surface area contributed by atoms with Crippen LogP contribution in [0.5, 0.6) is 0 Å². The van der Waals surface area contributed by atoms with E-state index in [0.29, 0.717) is 8.16 Å². The molecule has 6 bridgehead atoms. The highest BCUT2D eigenvalue weighted by molar-refractivity contribution is 8.89. The lowest BCUT2D eigenvalue weighted by molar-refractivity contribution is 0.195. The summed E-state index contributed by atoms with van der Waals surface area (Å²) in [6.45, 7) is 0. The van der Waals surface area contributed by atoms with Crippen LogP contribution in [-0.4, -0.2) is 8.16 Å². The van der Waals surface area contributed by atoms with Crippen molar-refractivity contribution in [1.29, 1.82) is 0 Å². The second-order valence-corrected chi connectivity index (χ2v) is 13.4. The van der Waals surface area contributed by atoms with E-state index in [1.54, 1.807) is 0 Å². The zero-order valence-electron chi connectivity index (χ0n) is 11.6. The molecule has 0 aromatic rings. The Morgan fingerprint density at radius 2 is 1.40 bits per heavy atom. The van der Waals surface area contributed by atoms with E-state index >= 15 is 0 Å². The molecule has 20 heavy (non-hydrogen) atoms. The van der Waals surface area contributed by atoms with Crippen LogP contribution in [0.15, 0.2) is 11.1 Å². The van der Waals surface area contributed by atoms with E-state index in [-0.39, 0.29) is 0 Å². The maximum absolute atomic E-state index is 2.32. The third kappa shape index (κ3) is 1.24. The third-order valence-electron chi connectivity index (χ3n) is 6.97. The quantitative estimate of drug-likeness (QED) is 0.326. The van der Waals surface area contributed by atoms with Crippen LogP contribution in [0.1, 0.15) is 51.4 Å². The van der Waals surface area contributed by atoms with E-state index in [4.69, 9.17) is 0 Å². The summed E-state index contributed by atoms with van der Waals surface area (Å²) in [4.78, 5) is 0. The molecular weight excluding hydrogens is 320 g/mol. The van der Waals surface area contributed by atoms with Crippen molar-refractivity contribution in [1.82, 2.24) is 0 Å². The molecule has 2 spiro atoms. The molecule has 107 valence electrons. The Morgan fingerprint density at radius 3 is 2.05 bits per heavy atom. The monoisotopic (exact) mass is 340 g/mol. The molecule has 1 saturated heterocycles. The lowest BCUT2D eigenvalue weighted by Crippen LogP contribution is -2.60. The zero-order chi connectivity index (χ0) is 12.9. The molecule has 9 aliphatic rings. The number of hydrogen-bond donors (Lipinski definition) is 0. The van der Waals surface area contributed by atoms with Crippen LogP contribution in [0.25, 0.3) is 0 Å². The van der Waals surface area contributed by atoms with Gasteiger partial charge in [-0.2, -0.15) is 0 Å². The van der Waals surface area contributed by atoms with E-state index in [1.165, 1.54) is 51.4 Å². The summed E-state index contributed by atoms with van der Waals surface area (Å²) in [5.41, 5.74) is 4.06. The topological polar surface area (TPSA) is 0 Å². The summed E-state index contributed by atoms with van der Waals surface area (Å²) in [5.74, 6) is 3.94. The summed E-state index contributed by atoms with van der Waals surface area (Å²) < 4.78 is 1.04. The second kappa shape index (κ2) is 3.96. The molecule has 3 aliphatic heterocycles. The van der Waals surface area contributed by atoms with Crippen LogP contribution in [0.3, 0.4) is 0 Å². The summed E-state index contributed by atoms with van der Waals surface area (Å²) >= 11 is 0. The van der Waals surface area contributed by atoms with Crippen molar-refractivity contribution in [3.63, 3.8) is 0 Å². The minimum atomic E-state index is 0.519. The Morgan fingerprint density at radius 1 is 0.750 bits per heavy atom. The van der Waals surface area contributed by atoms with Crippen molar-refractivity contribution >= 4 is 43.2 Å². The highest BCUT2D eigenvalue weighted by Gasteiger charge is 2.76. The number of hydrogen-bond acceptors (Lipinski definition) is 4. The zero-order valence-corrected chi connectivity index (χ0v) is 14.9. The molecule has 0 atom stereocenters. The minimum absolute atomic E-state index is 0.519. The molecule has 0 aromatic heterocycles. The van der Waals surface area contributed by atoms with E-state index in [9.17, 15) is 0 Å². The fourth-order valence-electron chi connectivity index (χ4n) is 6.08. The van der Waals surface area contributed by atoms with Gasteiger partial charge in [-0.1, -0.05) is 10.8 Å². The normalized spacial score (nSPS) is 58.8. The molecule has 4 heteroatoms. The molecule has 6 saturated carbocycles. The fourth-order valence-corrected chi connectivity index (χ4v) is 17.2. The Bertz CT molecular complexity index is 455. The van der Waals surface area contributed by atoms with Crippen molar-refractivity contribution in [3.8, 4) is 0 Å². The van der Waals surface area contributed by atoms with Crippen LogP contribution in [0, 0.1) is 23.7 Å². The van der Waals surface area contributed by atoms with E-state index in [0.717, 1.165) is 23.7 Å².